The van der Waals surface area contributed by atoms with Gasteiger partial charge in [-0.25, -0.2) is 0 Å². The van der Waals surface area contributed by atoms with Crippen molar-refractivity contribution in [3.8, 4) is 0 Å². The Hall–Kier alpha value is -0.0400. The van der Waals surface area contributed by atoms with Crippen LogP contribution in [-0.4, -0.2) is 12.1 Å². The lowest BCUT2D eigenvalue weighted by molar-refractivity contribution is 0.257. The van der Waals surface area contributed by atoms with E-state index in [-0.39, 0.29) is 0 Å². The Morgan fingerprint density at radius 1 is 0.812 bits per heavy atom. The van der Waals surface area contributed by atoms with Crippen LogP contribution < -0.4 is 5.32 Å². The second-order valence-corrected chi connectivity index (χ2v) is 5.94. The quantitative estimate of drug-likeness (QED) is 0.756. The van der Waals surface area contributed by atoms with Crippen LogP contribution in [0.25, 0.3) is 0 Å². The van der Waals surface area contributed by atoms with Crippen molar-refractivity contribution in [1.29, 1.82) is 0 Å². The lowest BCUT2D eigenvalue weighted by Gasteiger charge is -2.32. The maximum Gasteiger partial charge on any atom is 0.0126 e. The summed E-state index contributed by atoms with van der Waals surface area (Å²) in [7, 11) is 0. The minimum atomic E-state index is 0.845. The summed E-state index contributed by atoms with van der Waals surface area (Å²) < 4.78 is 0. The number of hydrogen-bond donors (Lipinski definition) is 1. The first-order valence-electron chi connectivity index (χ1n) is 7.61. The van der Waals surface area contributed by atoms with E-state index in [0.717, 1.165) is 23.9 Å². The largest absolute Gasteiger partial charge is 0.311 e. The van der Waals surface area contributed by atoms with Gasteiger partial charge in [0, 0.05) is 12.1 Å². The number of rotatable bonds is 4. The number of nitrogens with one attached hydrogen (secondary N) is 1. The zero-order chi connectivity index (χ0) is 11.4. The molecule has 2 fully saturated rings. The van der Waals surface area contributed by atoms with Gasteiger partial charge >= 0.3 is 0 Å². The van der Waals surface area contributed by atoms with Crippen LogP contribution in [0.4, 0.5) is 0 Å². The van der Waals surface area contributed by atoms with Crippen molar-refractivity contribution in [1.82, 2.24) is 5.32 Å². The van der Waals surface area contributed by atoms with Crippen molar-refractivity contribution >= 4 is 0 Å². The average Bonchev–Trinajstić information content (AvgIpc) is 2.72. The second kappa shape index (κ2) is 6.05. The lowest BCUT2D eigenvalue weighted by Crippen LogP contribution is -2.44. The molecule has 0 aliphatic heterocycles. The van der Waals surface area contributed by atoms with Crippen molar-refractivity contribution < 1.29 is 0 Å². The molecule has 2 aliphatic rings. The monoisotopic (exact) mass is 223 g/mol. The molecule has 2 unspecified atom stereocenters. The van der Waals surface area contributed by atoms with Gasteiger partial charge in [-0.05, 0) is 37.5 Å². The van der Waals surface area contributed by atoms with Crippen LogP contribution in [0.15, 0.2) is 0 Å². The van der Waals surface area contributed by atoms with Crippen molar-refractivity contribution in [2.24, 2.45) is 11.8 Å². The zero-order valence-electron chi connectivity index (χ0n) is 11.2. The van der Waals surface area contributed by atoms with Gasteiger partial charge < -0.3 is 5.32 Å². The topological polar surface area (TPSA) is 12.0 Å². The molecular weight excluding hydrogens is 194 g/mol. The van der Waals surface area contributed by atoms with Gasteiger partial charge in [-0.1, -0.05) is 46.0 Å². The fourth-order valence-corrected chi connectivity index (χ4v) is 3.90. The molecule has 0 bridgehead atoms. The molecule has 0 aromatic heterocycles. The molecule has 1 nitrogen and oxygen atoms in total. The summed E-state index contributed by atoms with van der Waals surface area (Å²) in [4.78, 5) is 0. The van der Waals surface area contributed by atoms with Crippen molar-refractivity contribution in [2.75, 3.05) is 0 Å². The molecular formula is C15H29N. The fraction of sp³-hybridized carbons (Fsp3) is 1.00. The second-order valence-electron chi connectivity index (χ2n) is 5.94. The standard InChI is InChI=1S/C15H29N/c1-3-12-10-11-13(4-2)15(12)16-14-8-6-5-7-9-14/h12-16H,3-11H2,1-2H3. The third-order valence-corrected chi connectivity index (χ3v) is 5.01. The molecule has 94 valence electrons. The third-order valence-electron chi connectivity index (χ3n) is 5.01. The third kappa shape index (κ3) is 2.80. The highest BCUT2D eigenvalue weighted by atomic mass is 15.0. The predicted molar refractivity (Wildman–Crippen MR) is 70.6 cm³/mol. The molecule has 1 N–H and O–H groups in total. The van der Waals surface area contributed by atoms with Crippen LogP contribution in [0.3, 0.4) is 0 Å². The van der Waals surface area contributed by atoms with Crippen molar-refractivity contribution in [3.63, 3.8) is 0 Å². The Labute approximate surface area is 101 Å². The summed E-state index contributed by atoms with van der Waals surface area (Å²) in [5.41, 5.74) is 0. The highest BCUT2D eigenvalue weighted by Crippen LogP contribution is 2.36. The molecule has 16 heavy (non-hydrogen) atoms. The molecule has 0 amide bonds. The molecule has 0 saturated heterocycles. The summed E-state index contributed by atoms with van der Waals surface area (Å²) in [6.45, 7) is 4.75. The van der Waals surface area contributed by atoms with Gasteiger partial charge in [0.15, 0.2) is 0 Å². The van der Waals surface area contributed by atoms with Crippen LogP contribution >= 0.6 is 0 Å². The Bertz CT molecular complexity index is 184. The van der Waals surface area contributed by atoms with E-state index in [0.29, 0.717) is 0 Å². The van der Waals surface area contributed by atoms with Crippen LogP contribution in [-0.2, 0) is 0 Å². The molecule has 2 rings (SSSR count). The van der Waals surface area contributed by atoms with E-state index in [2.05, 4.69) is 19.2 Å². The van der Waals surface area contributed by atoms with Crippen molar-refractivity contribution in [2.45, 2.75) is 83.7 Å². The molecule has 0 heterocycles. The van der Waals surface area contributed by atoms with Gasteiger partial charge in [0.05, 0.1) is 0 Å². The smallest absolute Gasteiger partial charge is 0.0126 e. The van der Waals surface area contributed by atoms with Gasteiger partial charge in [-0.3, -0.25) is 0 Å². The van der Waals surface area contributed by atoms with Crippen LogP contribution in [0, 0.1) is 11.8 Å². The molecule has 0 spiro atoms. The average molecular weight is 223 g/mol. The van der Waals surface area contributed by atoms with E-state index in [9.17, 15) is 0 Å². The maximum absolute atomic E-state index is 4.02. The highest BCUT2D eigenvalue weighted by molar-refractivity contribution is 4.91. The summed E-state index contributed by atoms with van der Waals surface area (Å²) in [6.07, 6.45) is 12.9. The van der Waals surface area contributed by atoms with Crippen LogP contribution in [0.1, 0.15) is 71.6 Å². The van der Waals surface area contributed by atoms with Crippen LogP contribution in [0.5, 0.6) is 0 Å². The first-order valence-corrected chi connectivity index (χ1v) is 7.61. The van der Waals surface area contributed by atoms with E-state index >= 15 is 0 Å². The van der Waals surface area contributed by atoms with Crippen molar-refractivity contribution in [3.05, 3.63) is 0 Å². The summed E-state index contributed by atoms with van der Waals surface area (Å²) in [5, 5.41) is 4.02. The van der Waals surface area contributed by atoms with E-state index in [1.165, 1.54) is 57.8 Å². The molecule has 0 aromatic carbocycles. The molecule has 1 heteroatoms. The Morgan fingerprint density at radius 3 is 1.88 bits per heavy atom. The lowest BCUT2D eigenvalue weighted by atomic mass is 9.89. The first-order chi connectivity index (χ1) is 7.85. The van der Waals surface area contributed by atoms with Gasteiger partial charge in [0.1, 0.15) is 0 Å². The molecule has 0 aromatic rings. The normalized spacial score (nSPS) is 36.8. The van der Waals surface area contributed by atoms with Gasteiger partial charge in [-0.2, -0.15) is 0 Å². The highest BCUT2D eigenvalue weighted by Gasteiger charge is 2.34. The minimum Gasteiger partial charge on any atom is -0.311 e. The summed E-state index contributed by atoms with van der Waals surface area (Å²) in [6, 6.07) is 1.69. The van der Waals surface area contributed by atoms with Crippen LogP contribution in [0.2, 0.25) is 0 Å². The number of hydrogen-bond acceptors (Lipinski definition) is 1. The first kappa shape index (κ1) is 12.4. The predicted octanol–water partition coefficient (Wildman–Crippen LogP) is 4.12. The Morgan fingerprint density at radius 2 is 1.38 bits per heavy atom. The molecule has 2 aliphatic carbocycles. The summed E-state index contributed by atoms with van der Waals surface area (Å²) in [5.74, 6) is 1.93. The SMILES string of the molecule is CCC1CCC(CC)C1NC1CCCCC1. The minimum absolute atomic E-state index is 0.845. The fourth-order valence-electron chi connectivity index (χ4n) is 3.90. The molecule has 2 atom stereocenters. The Kier molecular flexibility index (Phi) is 4.69. The van der Waals surface area contributed by atoms with E-state index in [1.54, 1.807) is 0 Å². The Balaban J connectivity index is 1.88. The maximum atomic E-state index is 4.02. The van der Waals surface area contributed by atoms with E-state index in [1.807, 2.05) is 0 Å². The van der Waals surface area contributed by atoms with E-state index in [4.69, 9.17) is 0 Å². The van der Waals surface area contributed by atoms with Gasteiger partial charge in [0.2, 0.25) is 0 Å². The van der Waals surface area contributed by atoms with Gasteiger partial charge in [-0.15, -0.1) is 0 Å². The molecule has 0 radical (unpaired) electrons. The zero-order valence-corrected chi connectivity index (χ0v) is 11.2. The van der Waals surface area contributed by atoms with E-state index < -0.39 is 0 Å². The molecule has 2 saturated carbocycles. The summed E-state index contributed by atoms with van der Waals surface area (Å²) >= 11 is 0. The van der Waals surface area contributed by atoms with Gasteiger partial charge in [0.25, 0.3) is 0 Å².